The van der Waals surface area contributed by atoms with Crippen LogP contribution in [0.1, 0.15) is 29.8 Å². The van der Waals surface area contributed by atoms with E-state index in [0.717, 1.165) is 0 Å². The van der Waals surface area contributed by atoms with Crippen LogP contribution in [-0.4, -0.2) is 24.4 Å². The second-order valence-corrected chi connectivity index (χ2v) is 6.17. The Bertz CT molecular complexity index is 742. The quantitative estimate of drug-likeness (QED) is 0.629. The molecule has 0 aliphatic rings. The molecular formula is C18H21N3O3. The van der Waals surface area contributed by atoms with Gasteiger partial charge in [-0.1, -0.05) is 44.2 Å². The Balaban J connectivity index is 2.26. The van der Waals surface area contributed by atoms with E-state index in [0.29, 0.717) is 12.2 Å². The van der Waals surface area contributed by atoms with Crippen LogP contribution >= 0.6 is 0 Å². The number of benzene rings is 2. The third kappa shape index (κ3) is 3.90. The minimum atomic E-state index is -0.510. The molecule has 6 heteroatoms. The molecule has 1 amide bonds. The van der Waals surface area contributed by atoms with Crippen molar-refractivity contribution in [2.75, 3.05) is 18.9 Å². The summed E-state index contributed by atoms with van der Waals surface area (Å²) in [5, 5.41) is 16.7. The van der Waals surface area contributed by atoms with Crippen LogP contribution in [0.3, 0.4) is 0 Å². The molecule has 0 radical (unpaired) electrons. The first kappa shape index (κ1) is 17.5. The predicted molar refractivity (Wildman–Crippen MR) is 94.4 cm³/mol. The van der Waals surface area contributed by atoms with Gasteiger partial charge in [0.05, 0.1) is 10.5 Å². The molecule has 0 heterocycles. The van der Waals surface area contributed by atoms with Crippen molar-refractivity contribution in [2.45, 2.75) is 19.3 Å². The number of anilines is 1. The fourth-order valence-electron chi connectivity index (χ4n) is 2.43. The zero-order valence-corrected chi connectivity index (χ0v) is 14.0. The monoisotopic (exact) mass is 327 g/mol. The van der Waals surface area contributed by atoms with Crippen LogP contribution in [0.4, 0.5) is 11.4 Å². The highest BCUT2D eigenvalue weighted by atomic mass is 16.6. The molecule has 0 spiro atoms. The molecule has 2 aromatic rings. The molecule has 0 fully saturated rings. The topological polar surface area (TPSA) is 84.3 Å². The summed E-state index contributed by atoms with van der Waals surface area (Å²) in [5.41, 5.74) is 1.73. The SMILES string of the molecule is CNC(=O)c1cc([N+](=O)[O-])ccc1NCC(C)(C)c1ccccc1. The van der Waals surface area contributed by atoms with Crippen LogP contribution in [0, 0.1) is 10.1 Å². The number of nitrogens with zero attached hydrogens (tertiary/aromatic N) is 1. The minimum absolute atomic E-state index is 0.110. The van der Waals surface area contributed by atoms with Gasteiger partial charge in [-0.2, -0.15) is 0 Å². The van der Waals surface area contributed by atoms with E-state index in [1.54, 1.807) is 6.07 Å². The van der Waals surface area contributed by atoms with E-state index in [1.165, 1.54) is 24.7 Å². The van der Waals surface area contributed by atoms with Gasteiger partial charge in [0.1, 0.15) is 0 Å². The summed E-state index contributed by atoms with van der Waals surface area (Å²) in [6.45, 7) is 4.78. The number of amides is 1. The lowest BCUT2D eigenvalue weighted by atomic mass is 9.84. The largest absolute Gasteiger partial charge is 0.384 e. The molecule has 2 N–H and O–H groups in total. The van der Waals surface area contributed by atoms with Crippen molar-refractivity contribution in [1.82, 2.24) is 5.32 Å². The molecule has 0 aliphatic carbocycles. The minimum Gasteiger partial charge on any atom is -0.384 e. The summed E-state index contributed by atoms with van der Waals surface area (Å²) in [7, 11) is 1.50. The average Bonchev–Trinajstić information content (AvgIpc) is 2.59. The normalized spacial score (nSPS) is 11.0. The van der Waals surface area contributed by atoms with Crippen molar-refractivity contribution < 1.29 is 9.72 Å². The van der Waals surface area contributed by atoms with Gasteiger partial charge >= 0.3 is 0 Å². The zero-order chi connectivity index (χ0) is 17.7. The number of nitrogens with one attached hydrogen (secondary N) is 2. The van der Waals surface area contributed by atoms with E-state index in [-0.39, 0.29) is 22.6 Å². The lowest BCUT2D eigenvalue weighted by molar-refractivity contribution is -0.384. The number of non-ortho nitro benzene ring substituents is 1. The summed E-state index contributed by atoms with van der Waals surface area (Å²) in [6.07, 6.45) is 0. The summed E-state index contributed by atoms with van der Waals surface area (Å²) in [4.78, 5) is 22.5. The lowest BCUT2D eigenvalue weighted by Gasteiger charge is -2.26. The first-order valence-corrected chi connectivity index (χ1v) is 7.65. The number of hydrogen-bond donors (Lipinski definition) is 2. The molecule has 0 saturated carbocycles. The second kappa shape index (κ2) is 7.12. The number of carbonyl (C=O) groups excluding carboxylic acids is 1. The highest BCUT2D eigenvalue weighted by molar-refractivity contribution is 6.00. The second-order valence-electron chi connectivity index (χ2n) is 6.17. The van der Waals surface area contributed by atoms with Crippen LogP contribution in [0.2, 0.25) is 0 Å². The first-order chi connectivity index (χ1) is 11.3. The molecule has 6 nitrogen and oxygen atoms in total. The van der Waals surface area contributed by atoms with Crippen LogP contribution < -0.4 is 10.6 Å². The highest BCUT2D eigenvalue weighted by Gasteiger charge is 2.22. The molecule has 0 bridgehead atoms. The Labute approximate surface area is 141 Å². The van der Waals surface area contributed by atoms with Crippen molar-refractivity contribution in [3.8, 4) is 0 Å². The van der Waals surface area contributed by atoms with Crippen LogP contribution in [0.5, 0.6) is 0 Å². The van der Waals surface area contributed by atoms with E-state index in [9.17, 15) is 14.9 Å². The molecule has 24 heavy (non-hydrogen) atoms. The summed E-state index contributed by atoms with van der Waals surface area (Å²) < 4.78 is 0. The van der Waals surface area contributed by atoms with Gasteiger partial charge in [0.25, 0.3) is 11.6 Å². The molecule has 2 rings (SSSR count). The number of nitro groups is 1. The molecule has 0 aromatic heterocycles. The molecular weight excluding hydrogens is 306 g/mol. The van der Waals surface area contributed by atoms with E-state index >= 15 is 0 Å². The van der Waals surface area contributed by atoms with Gasteiger partial charge in [-0.15, -0.1) is 0 Å². The first-order valence-electron chi connectivity index (χ1n) is 7.65. The fourth-order valence-corrected chi connectivity index (χ4v) is 2.43. The van der Waals surface area contributed by atoms with E-state index < -0.39 is 4.92 Å². The Hall–Kier alpha value is -2.89. The Morgan fingerprint density at radius 1 is 1.17 bits per heavy atom. The zero-order valence-electron chi connectivity index (χ0n) is 14.0. The molecule has 2 aromatic carbocycles. The van der Waals surface area contributed by atoms with Gasteiger partial charge in [-0.05, 0) is 11.6 Å². The fraction of sp³-hybridized carbons (Fsp3) is 0.278. The van der Waals surface area contributed by atoms with Crippen molar-refractivity contribution in [3.05, 3.63) is 69.8 Å². The summed E-state index contributed by atoms with van der Waals surface area (Å²) in [5.74, 6) is -0.362. The molecule has 0 atom stereocenters. The Kier molecular flexibility index (Phi) is 5.18. The summed E-state index contributed by atoms with van der Waals surface area (Å²) >= 11 is 0. The third-order valence-corrected chi connectivity index (χ3v) is 3.96. The van der Waals surface area contributed by atoms with Crippen LogP contribution in [0.15, 0.2) is 48.5 Å². The lowest BCUT2D eigenvalue weighted by Crippen LogP contribution is -2.29. The van der Waals surface area contributed by atoms with Gasteiger partial charge in [0.15, 0.2) is 0 Å². The standard InChI is InChI=1S/C18H21N3O3/c1-18(2,13-7-5-4-6-8-13)12-20-16-10-9-14(21(23)24)11-15(16)17(22)19-3/h4-11,20H,12H2,1-3H3,(H,19,22). The number of carbonyl (C=O) groups is 1. The number of hydrogen-bond acceptors (Lipinski definition) is 4. The van der Waals surface area contributed by atoms with Crippen molar-refractivity contribution in [3.63, 3.8) is 0 Å². The summed E-state index contributed by atoms with van der Waals surface area (Å²) in [6, 6.07) is 14.3. The number of nitro benzene ring substituents is 1. The van der Waals surface area contributed by atoms with Crippen molar-refractivity contribution in [1.29, 1.82) is 0 Å². The highest BCUT2D eigenvalue weighted by Crippen LogP contribution is 2.26. The van der Waals surface area contributed by atoms with Gasteiger partial charge in [-0.25, -0.2) is 0 Å². The van der Waals surface area contributed by atoms with Gasteiger partial charge in [0, 0.05) is 36.8 Å². The maximum absolute atomic E-state index is 12.0. The van der Waals surface area contributed by atoms with Gasteiger partial charge in [0.2, 0.25) is 0 Å². The van der Waals surface area contributed by atoms with Gasteiger partial charge in [-0.3, -0.25) is 14.9 Å². The van der Waals surface area contributed by atoms with E-state index in [1.807, 2.05) is 18.2 Å². The van der Waals surface area contributed by atoms with Gasteiger partial charge < -0.3 is 10.6 Å². The third-order valence-electron chi connectivity index (χ3n) is 3.96. The predicted octanol–water partition coefficient (Wildman–Crippen LogP) is 3.34. The molecule has 0 aliphatic heterocycles. The van der Waals surface area contributed by atoms with Crippen LogP contribution in [-0.2, 0) is 5.41 Å². The molecule has 0 unspecified atom stereocenters. The average molecular weight is 327 g/mol. The van der Waals surface area contributed by atoms with E-state index in [2.05, 4.69) is 36.6 Å². The Morgan fingerprint density at radius 2 is 1.83 bits per heavy atom. The van der Waals surface area contributed by atoms with Crippen LogP contribution in [0.25, 0.3) is 0 Å². The van der Waals surface area contributed by atoms with E-state index in [4.69, 9.17) is 0 Å². The molecule has 0 saturated heterocycles. The smallest absolute Gasteiger partial charge is 0.270 e. The maximum Gasteiger partial charge on any atom is 0.270 e. The number of rotatable bonds is 6. The van der Waals surface area contributed by atoms with Crippen molar-refractivity contribution in [2.24, 2.45) is 0 Å². The molecule has 126 valence electrons. The maximum atomic E-state index is 12.0. The Morgan fingerprint density at radius 3 is 2.42 bits per heavy atom. The van der Waals surface area contributed by atoms with Crippen molar-refractivity contribution >= 4 is 17.3 Å².